The van der Waals surface area contributed by atoms with Crippen LogP contribution in [0.4, 0.5) is 16.2 Å². The molecule has 0 aromatic heterocycles. The predicted octanol–water partition coefficient (Wildman–Crippen LogP) is 8.26. The quantitative estimate of drug-likeness (QED) is 0.197. The van der Waals surface area contributed by atoms with E-state index in [1.807, 2.05) is 24.3 Å². The van der Waals surface area contributed by atoms with Gasteiger partial charge in [-0.3, -0.25) is 10.2 Å². The molecule has 0 spiro atoms. The Morgan fingerprint density at radius 3 is 2.31 bits per heavy atom. The second-order valence-electron chi connectivity index (χ2n) is 11.9. The highest BCUT2D eigenvalue weighted by molar-refractivity contribution is 6.30. The fraction of sp³-hybridized carbons (Fsp3) is 0.278. The third-order valence-corrected chi connectivity index (χ3v) is 7.63. The van der Waals surface area contributed by atoms with Crippen LogP contribution in [0.3, 0.4) is 0 Å². The molecule has 0 bridgehead atoms. The van der Waals surface area contributed by atoms with Crippen LogP contribution in [-0.2, 0) is 16.0 Å². The summed E-state index contributed by atoms with van der Waals surface area (Å²) in [6.07, 6.45) is -0.565. The van der Waals surface area contributed by atoms with Gasteiger partial charge in [0.05, 0.1) is 7.11 Å². The van der Waals surface area contributed by atoms with E-state index in [4.69, 9.17) is 25.8 Å². The van der Waals surface area contributed by atoms with E-state index >= 15 is 0 Å². The molecule has 1 heterocycles. The molecule has 1 fully saturated rings. The van der Waals surface area contributed by atoms with Gasteiger partial charge in [-0.2, -0.15) is 0 Å². The van der Waals surface area contributed by atoms with Crippen LogP contribution in [0.5, 0.6) is 11.5 Å². The van der Waals surface area contributed by atoms with Crippen molar-refractivity contribution < 1.29 is 23.8 Å². The Balaban J connectivity index is 1.28. The molecule has 45 heavy (non-hydrogen) atoms. The summed E-state index contributed by atoms with van der Waals surface area (Å²) in [5, 5.41) is 3.45. The Hall–Kier alpha value is -4.53. The van der Waals surface area contributed by atoms with Crippen molar-refractivity contribution in [1.29, 1.82) is 0 Å². The van der Waals surface area contributed by atoms with Gasteiger partial charge in [-0.25, -0.2) is 9.59 Å². The summed E-state index contributed by atoms with van der Waals surface area (Å²) in [6, 6.07) is 28.9. The highest BCUT2D eigenvalue weighted by atomic mass is 35.5. The molecule has 4 aromatic rings. The second kappa shape index (κ2) is 14.1. The minimum Gasteiger partial charge on any atom is -0.465 e. The molecule has 0 atom stereocenters. The molecule has 9 heteroatoms. The number of ether oxygens (including phenoxy) is 3. The van der Waals surface area contributed by atoms with Crippen LogP contribution in [-0.4, -0.2) is 55.9 Å². The molecule has 0 aliphatic carbocycles. The first-order chi connectivity index (χ1) is 21.6. The number of halogens is 1. The fourth-order valence-electron chi connectivity index (χ4n) is 5.23. The molecule has 1 aliphatic heterocycles. The number of carbonyl (C=O) groups is 2. The van der Waals surface area contributed by atoms with Crippen LogP contribution in [0, 0.1) is 0 Å². The number of piperazine rings is 1. The average molecular weight is 628 g/mol. The molecule has 4 aromatic carbocycles. The molecule has 8 nitrogen and oxygen atoms in total. The van der Waals surface area contributed by atoms with Crippen LogP contribution in [0.15, 0.2) is 91.0 Å². The number of methoxy groups -OCH3 is 1. The zero-order valence-electron chi connectivity index (χ0n) is 26.0. The van der Waals surface area contributed by atoms with Crippen LogP contribution in [0.25, 0.3) is 11.1 Å². The normalized spacial score (nSPS) is 13.7. The monoisotopic (exact) mass is 627 g/mol. The summed E-state index contributed by atoms with van der Waals surface area (Å²) in [5.41, 5.74) is 4.77. The first-order valence-corrected chi connectivity index (χ1v) is 15.3. The zero-order valence-corrected chi connectivity index (χ0v) is 26.8. The van der Waals surface area contributed by atoms with Crippen LogP contribution in [0.2, 0.25) is 5.02 Å². The number of rotatable bonds is 8. The largest absolute Gasteiger partial charge is 0.465 e. The van der Waals surface area contributed by atoms with E-state index in [0.29, 0.717) is 22.7 Å². The molecule has 5 rings (SSSR count). The molecule has 234 valence electrons. The molecule has 0 radical (unpaired) electrons. The highest BCUT2D eigenvalue weighted by Gasteiger charge is 2.22. The first kappa shape index (κ1) is 31.9. The Morgan fingerprint density at radius 1 is 0.867 bits per heavy atom. The topological polar surface area (TPSA) is 80.3 Å². The van der Waals surface area contributed by atoms with Crippen molar-refractivity contribution in [3.8, 4) is 22.6 Å². The number of nitrogens with zero attached hydrogens (tertiary/aromatic N) is 2. The molecular weight excluding hydrogens is 590 g/mol. The average Bonchev–Trinajstić information content (AvgIpc) is 3.01. The van der Waals surface area contributed by atoms with E-state index in [1.165, 1.54) is 18.2 Å². The number of esters is 1. The maximum Gasteiger partial charge on any atom is 0.412 e. The van der Waals surface area contributed by atoms with Gasteiger partial charge in [-0.1, -0.05) is 54.1 Å². The number of hydrogen-bond donors (Lipinski definition) is 1. The number of carbonyl (C=O) groups excluding carboxylic acids is 2. The summed E-state index contributed by atoms with van der Waals surface area (Å²) in [7, 11) is 1.34. The predicted molar refractivity (Wildman–Crippen MR) is 179 cm³/mol. The minimum absolute atomic E-state index is 0.309. The van der Waals surface area contributed by atoms with Crippen molar-refractivity contribution in [2.24, 2.45) is 0 Å². The third-order valence-electron chi connectivity index (χ3n) is 7.38. The first-order valence-electron chi connectivity index (χ1n) is 14.9. The lowest BCUT2D eigenvalue weighted by atomic mass is 9.99. The lowest BCUT2D eigenvalue weighted by Crippen LogP contribution is -2.46. The van der Waals surface area contributed by atoms with Crippen molar-refractivity contribution in [3.05, 3.63) is 107 Å². The van der Waals surface area contributed by atoms with Crippen molar-refractivity contribution in [1.82, 2.24) is 4.90 Å². The molecular formula is C36H38ClN3O5. The molecule has 1 N–H and O–H groups in total. The number of nitrogens with one attached hydrogen (secondary N) is 1. The maximum atomic E-state index is 12.6. The molecule has 1 amide bonds. The Bertz CT molecular complexity index is 1640. The van der Waals surface area contributed by atoms with Crippen molar-refractivity contribution in [2.45, 2.75) is 32.9 Å². The molecule has 0 unspecified atom stereocenters. The van der Waals surface area contributed by atoms with Crippen molar-refractivity contribution in [2.75, 3.05) is 43.5 Å². The van der Waals surface area contributed by atoms with E-state index in [2.05, 4.69) is 51.5 Å². The van der Waals surface area contributed by atoms with Gasteiger partial charge in [0.1, 0.15) is 22.7 Å². The van der Waals surface area contributed by atoms with Crippen LogP contribution >= 0.6 is 11.6 Å². The summed E-state index contributed by atoms with van der Waals surface area (Å²) < 4.78 is 16.6. The SMILES string of the molecule is COC(=O)c1ccc(N2CCN(Cc3ccccc3-c3ccc(Cl)cc3)CC2)cc1Oc1cccc(NC(=O)OC(C)(C)C)c1. The van der Waals surface area contributed by atoms with Gasteiger partial charge >= 0.3 is 12.1 Å². The van der Waals surface area contributed by atoms with E-state index < -0.39 is 17.7 Å². The van der Waals surface area contributed by atoms with Gasteiger partial charge < -0.3 is 19.1 Å². The lowest BCUT2D eigenvalue weighted by Gasteiger charge is -2.36. The van der Waals surface area contributed by atoms with E-state index in [-0.39, 0.29) is 0 Å². The van der Waals surface area contributed by atoms with E-state index in [1.54, 1.807) is 51.1 Å². The van der Waals surface area contributed by atoms with Gasteiger partial charge in [-0.05, 0) is 73.9 Å². The summed E-state index contributed by atoms with van der Waals surface area (Å²) in [5.74, 6) is 0.326. The third kappa shape index (κ3) is 8.56. The zero-order chi connectivity index (χ0) is 32.0. The van der Waals surface area contributed by atoms with Crippen molar-refractivity contribution in [3.63, 3.8) is 0 Å². The van der Waals surface area contributed by atoms with Crippen LogP contribution < -0.4 is 15.0 Å². The fourth-order valence-corrected chi connectivity index (χ4v) is 5.36. The highest BCUT2D eigenvalue weighted by Crippen LogP contribution is 2.33. The van der Waals surface area contributed by atoms with Crippen molar-refractivity contribution >= 4 is 35.0 Å². The van der Waals surface area contributed by atoms with Gasteiger partial charge in [0.25, 0.3) is 0 Å². The number of anilines is 2. The van der Waals surface area contributed by atoms with E-state index in [9.17, 15) is 9.59 Å². The second-order valence-corrected chi connectivity index (χ2v) is 12.3. The van der Waals surface area contributed by atoms with Gasteiger partial charge in [0.15, 0.2) is 0 Å². The number of amides is 1. The smallest absolute Gasteiger partial charge is 0.412 e. The maximum absolute atomic E-state index is 12.6. The Labute approximate surface area is 269 Å². The molecule has 0 saturated carbocycles. The Kier molecular flexibility index (Phi) is 9.96. The minimum atomic E-state index is -0.624. The summed E-state index contributed by atoms with van der Waals surface area (Å²) in [6.45, 7) is 9.63. The summed E-state index contributed by atoms with van der Waals surface area (Å²) >= 11 is 6.12. The molecule has 1 aliphatic rings. The van der Waals surface area contributed by atoms with Crippen LogP contribution in [0.1, 0.15) is 36.7 Å². The lowest BCUT2D eigenvalue weighted by molar-refractivity contribution is 0.0595. The number of hydrogen-bond acceptors (Lipinski definition) is 7. The van der Waals surface area contributed by atoms with Gasteiger partial charge in [0.2, 0.25) is 0 Å². The number of benzene rings is 4. The Morgan fingerprint density at radius 2 is 1.60 bits per heavy atom. The van der Waals surface area contributed by atoms with E-state index in [0.717, 1.165) is 49.0 Å². The van der Waals surface area contributed by atoms with Gasteiger partial charge in [-0.15, -0.1) is 0 Å². The van der Waals surface area contributed by atoms with Gasteiger partial charge in [0, 0.05) is 61.3 Å². The standard InChI is InChI=1S/C36H38ClN3O5/c1-36(2,3)45-35(42)38-28-9-7-10-30(22-28)44-33-23-29(16-17-32(33)34(41)43-4)40-20-18-39(19-21-40)24-26-8-5-6-11-31(26)25-12-14-27(37)15-13-25/h5-17,22-23H,18-21,24H2,1-4H3,(H,38,42). The molecule has 1 saturated heterocycles. The summed E-state index contributed by atoms with van der Waals surface area (Å²) in [4.78, 5) is 29.6.